The van der Waals surface area contributed by atoms with Crippen molar-refractivity contribution in [2.45, 2.75) is 20.3 Å². The summed E-state index contributed by atoms with van der Waals surface area (Å²) in [6.45, 7) is 7.75. The molecule has 0 bridgehead atoms. The van der Waals surface area contributed by atoms with Crippen molar-refractivity contribution in [2.75, 3.05) is 0 Å². The Hall–Kier alpha value is -2.00. The lowest BCUT2D eigenvalue weighted by atomic mass is 10.2. The molecule has 24 heavy (non-hydrogen) atoms. The third-order valence-corrected chi connectivity index (χ3v) is 2.84. The lowest BCUT2D eigenvalue weighted by Crippen LogP contribution is -1.92. The normalized spacial score (nSPS) is 8.04. The Labute approximate surface area is 159 Å². The summed E-state index contributed by atoms with van der Waals surface area (Å²) in [4.78, 5) is 0. The van der Waals surface area contributed by atoms with E-state index in [1.54, 1.807) is 36.4 Å². The Morgan fingerprint density at radius 1 is 0.875 bits per heavy atom. The van der Waals surface area contributed by atoms with E-state index >= 15 is 0 Å². The van der Waals surface area contributed by atoms with E-state index in [1.165, 1.54) is 6.42 Å². The Morgan fingerprint density at radius 3 is 1.50 bits per heavy atom. The van der Waals surface area contributed by atoms with Gasteiger partial charge in [-0.3, -0.25) is 0 Å². The molecule has 2 N–H and O–H groups in total. The molecule has 3 nitrogen and oxygen atoms in total. The van der Waals surface area contributed by atoms with E-state index in [1.807, 2.05) is 18.2 Å². The molecule has 0 heterocycles. The molecular formula is C18H20ClNO2S2. The van der Waals surface area contributed by atoms with Crippen LogP contribution < -0.4 is 0 Å². The van der Waals surface area contributed by atoms with E-state index in [9.17, 15) is 0 Å². The van der Waals surface area contributed by atoms with E-state index in [-0.39, 0.29) is 10.1 Å². The summed E-state index contributed by atoms with van der Waals surface area (Å²) in [6, 6.07) is 15.8. The van der Waals surface area contributed by atoms with Crippen LogP contribution in [0.2, 0.25) is 5.02 Å². The van der Waals surface area contributed by atoms with E-state index in [0.29, 0.717) is 16.1 Å². The molecule has 0 saturated heterocycles. The summed E-state index contributed by atoms with van der Waals surface area (Å²) in [5, 5.41) is 24.6. The SMILES string of the molecule is C#N.CCC.OC(=S)c1ccc(Cl)cc1.OC(=S)c1ccccc1. The van der Waals surface area contributed by atoms with Gasteiger partial charge in [-0.05, 0) is 48.7 Å². The topological polar surface area (TPSA) is 64.2 Å². The van der Waals surface area contributed by atoms with E-state index < -0.39 is 0 Å². The zero-order chi connectivity index (χ0) is 19.0. The molecular weight excluding hydrogens is 362 g/mol. The van der Waals surface area contributed by atoms with Crippen molar-refractivity contribution in [3.63, 3.8) is 0 Å². The Bertz CT molecular complexity index is 614. The second kappa shape index (κ2) is 15.9. The quantitative estimate of drug-likeness (QED) is 0.620. The summed E-state index contributed by atoms with van der Waals surface area (Å²) in [5.74, 6) is 0. The molecule has 2 rings (SSSR count). The van der Waals surface area contributed by atoms with Crippen molar-refractivity contribution in [1.29, 1.82) is 5.26 Å². The minimum atomic E-state index is -0.100. The number of aliphatic hydroxyl groups excluding tert-OH is 2. The molecule has 128 valence electrons. The number of hydrogen-bond donors (Lipinski definition) is 2. The minimum Gasteiger partial charge on any atom is -0.499 e. The molecule has 6 heteroatoms. The zero-order valence-electron chi connectivity index (χ0n) is 13.5. The number of hydrogen-bond acceptors (Lipinski definition) is 3. The first-order chi connectivity index (χ1) is 11.4. The maximum Gasteiger partial charge on any atom is 0.188 e. The lowest BCUT2D eigenvalue weighted by Gasteiger charge is -1.94. The van der Waals surface area contributed by atoms with Gasteiger partial charge in [0.1, 0.15) is 0 Å². The van der Waals surface area contributed by atoms with Gasteiger partial charge in [0.05, 0.1) is 0 Å². The van der Waals surface area contributed by atoms with Crippen LogP contribution in [0, 0.1) is 11.8 Å². The monoisotopic (exact) mass is 381 g/mol. The highest BCUT2D eigenvalue weighted by Gasteiger charge is 1.95. The number of nitriles is 1. The number of thiocarbonyl (C=S) groups is 2. The smallest absolute Gasteiger partial charge is 0.188 e. The largest absolute Gasteiger partial charge is 0.499 e. The molecule has 0 fully saturated rings. The third kappa shape index (κ3) is 12.5. The number of benzene rings is 2. The highest BCUT2D eigenvalue weighted by molar-refractivity contribution is 7.80. The molecule has 0 unspecified atom stereocenters. The number of aliphatic hydroxyl groups is 2. The fraction of sp³-hybridized carbons (Fsp3) is 0.167. The Morgan fingerprint density at radius 2 is 1.21 bits per heavy atom. The van der Waals surface area contributed by atoms with Gasteiger partial charge in [0.15, 0.2) is 10.1 Å². The first-order valence-corrected chi connectivity index (χ1v) is 8.14. The van der Waals surface area contributed by atoms with Gasteiger partial charge in [-0.1, -0.05) is 62.2 Å². The van der Waals surface area contributed by atoms with Crippen LogP contribution in [0.5, 0.6) is 0 Å². The van der Waals surface area contributed by atoms with Crippen LogP contribution in [-0.4, -0.2) is 20.3 Å². The molecule has 0 aliphatic rings. The van der Waals surface area contributed by atoms with Crippen LogP contribution in [0.15, 0.2) is 54.6 Å². The average molecular weight is 382 g/mol. The molecule has 2 aromatic rings. The van der Waals surface area contributed by atoms with E-state index in [0.717, 1.165) is 0 Å². The van der Waals surface area contributed by atoms with Crippen LogP contribution >= 0.6 is 36.0 Å². The molecule has 0 spiro atoms. The standard InChI is InChI=1S/C7H5ClOS.C7H6OS.C3H8.CHN/c8-6-3-1-5(2-4-6)7(9)10;8-7(9)6-4-2-1-3-5-6;1-3-2;1-2/h1-4H,(H,9,10);1-5H,(H,8,9);3H2,1-2H3;1H. The Balaban J connectivity index is 0. The highest BCUT2D eigenvalue weighted by atomic mass is 35.5. The van der Waals surface area contributed by atoms with Crippen LogP contribution in [-0.2, 0) is 0 Å². The van der Waals surface area contributed by atoms with Gasteiger partial charge < -0.3 is 10.2 Å². The third-order valence-electron chi connectivity index (χ3n) is 2.11. The lowest BCUT2D eigenvalue weighted by molar-refractivity contribution is 0.570. The molecule has 0 amide bonds. The van der Waals surface area contributed by atoms with E-state index in [4.69, 9.17) is 27.1 Å². The van der Waals surface area contributed by atoms with Crippen molar-refractivity contribution in [3.8, 4) is 6.57 Å². The number of rotatable bonds is 2. The zero-order valence-corrected chi connectivity index (χ0v) is 15.9. The van der Waals surface area contributed by atoms with Gasteiger partial charge in [-0.2, -0.15) is 0 Å². The van der Waals surface area contributed by atoms with Gasteiger partial charge >= 0.3 is 0 Å². The van der Waals surface area contributed by atoms with Crippen LogP contribution in [0.4, 0.5) is 0 Å². The molecule has 0 aliphatic heterocycles. The molecule has 0 aromatic heterocycles. The molecule has 0 saturated carbocycles. The summed E-state index contributed by atoms with van der Waals surface area (Å²) in [5.41, 5.74) is 1.33. The number of halogens is 1. The van der Waals surface area contributed by atoms with Crippen LogP contribution in [0.1, 0.15) is 31.4 Å². The highest BCUT2D eigenvalue weighted by Crippen LogP contribution is 2.09. The predicted molar refractivity (Wildman–Crippen MR) is 109 cm³/mol. The van der Waals surface area contributed by atoms with Gasteiger partial charge in [0.25, 0.3) is 0 Å². The van der Waals surface area contributed by atoms with Gasteiger partial charge in [0, 0.05) is 22.7 Å². The first-order valence-electron chi connectivity index (χ1n) is 6.95. The minimum absolute atomic E-state index is 0.0457. The van der Waals surface area contributed by atoms with Crippen molar-refractivity contribution in [1.82, 2.24) is 0 Å². The molecule has 0 aliphatic carbocycles. The summed E-state index contributed by atoms with van der Waals surface area (Å²) < 4.78 is 0. The molecule has 2 aromatic carbocycles. The van der Waals surface area contributed by atoms with Gasteiger partial charge in [0.2, 0.25) is 0 Å². The van der Waals surface area contributed by atoms with Crippen LogP contribution in [0.25, 0.3) is 0 Å². The van der Waals surface area contributed by atoms with Crippen molar-refractivity contribution in [2.24, 2.45) is 0 Å². The molecule has 0 radical (unpaired) electrons. The predicted octanol–water partition coefficient (Wildman–Crippen LogP) is 6.05. The van der Waals surface area contributed by atoms with E-state index in [2.05, 4.69) is 44.9 Å². The fourth-order valence-electron chi connectivity index (χ4n) is 1.17. The summed E-state index contributed by atoms with van der Waals surface area (Å²) >= 11 is 14.6. The Kier molecular flexibility index (Phi) is 16.0. The second-order valence-electron chi connectivity index (χ2n) is 4.19. The maximum absolute atomic E-state index is 8.80. The van der Waals surface area contributed by atoms with Gasteiger partial charge in [-0.15, -0.1) is 0 Å². The van der Waals surface area contributed by atoms with Crippen LogP contribution in [0.3, 0.4) is 0 Å². The fourth-order valence-corrected chi connectivity index (χ4v) is 1.57. The van der Waals surface area contributed by atoms with Gasteiger partial charge in [-0.25, -0.2) is 5.26 Å². The second-order valence-corrected chi connectivity index (χ2v) is 5.40. The maximum atomic E-state index is 8.80. The van der Waals surface area contributed by atoms with Crippen molar-refractivity contribution < 1.29 is 10.2 Å². The summed E-state index contributed by atoms with van der Waals surface area (Å²) in [6.07, 6.45) is 1.25. The summed E-state index contributed by atoms with van der Waals surface area (Å²) in [7, 11) is 0. The van der Waals surface area contributed by atoms with Crippen molar-refractivity contribution >= 4 is 46.1 Å². The first kappa shape index (κ1) is 24.3. The number of nitrogens with zero attached hydrogens (tertiary/aromatic N) is 1. The average Bonchev–Trinajstić information content (AvgIpc) is 2.59. The van der Waals surface area contributed by atoms with Crippen molar-refractivity contribution in [3.05, 3.63) is 70.7 Å². The molecule has 0 atom stereocenters.